The Morgan fingerprint density at radius 2 is 2.18 bits per heavy atom. The highest BCUT2D eigenvalue weighted by Crippen LogP contribution is 2.32. The van der Waals surface area contributed by atoms with Crippen LogP contribution in [0.1, 0.15) is 24.5 Å². The molecule has 2 unspecified atom stereocenters. The first-order valence-corrected chi connectivity index (χ1v) is 5.90. The van der Waals surface area contributed by atoms with Gasteiger partial charge in [-0.1, -0.05) is 36.9 Å². The van der Waals surface area contributed by atoms with E-state index in [1.54, 1.807) is 0 Å². The van der Waals surface area contributed by atoms with Gasteiger partial charge in [0.15, 0.2) is 0 Å². The lowest BCUT2D eigenvalue weighted by Crippen LogP contribution is -2.30. The Kier molecular flexibility index (Phi) is 3.94. The van der Waals surface area contributed by atoms with Crippen LogP contribution < -0.4 is 5.32 Å². The van der Waals surface area contributed by atoms with Crippen LogP contribution in [-0.2, 0) is 9.53 Å². The third kappa shape index (κ3) is 3.17. The van der Waals surface area contributed by atoms with Gasteiger partial charge in [0.2, 0.25) is 5.91 Å². The van der Waals surface area contributed by atoms with Gasteiger partial charge < -0.3 is 10.1 Å². The van der Waals surface area contributed by atoms with Crippen molar-refractivity contribution in [3.63, 3.8) is 0 Å². The Morgan fingerprint density at radius 1 is 1.41 bits per heavy atom. The van der Waals surface area contributed by atoms with Gasteiger partial charge in [-0.2, -0.15) is 0 Å². The molecule has 1 fully saturated rings. The summed E-state index contributed by atoms with van der Waals surface area (Å²) < 4.78 is 5.89. The first-order valence-electron chi connectivity index (χ1n) is 5.90. The smallest absolute Gasteiger partial charge is 0.243 e. The van der Waals surface area contributed by atoms with Gasteiger partial charge in [-0.3, -0.25) is 4.79 Å². The maximum absolute atomic E-state index is 11.0. The lowest BCUT2D eigenvalue weighted by molar-refractivity contribution is -0.117. The minimum absolute atomic E-state index is 0.115. The Labute approximate surface area is 101 Å². The summed E-state index contributed by atoms with van der Waals surface area (Å²) in [5.74, 6) is -0.142. The number of rotatable bonds is 4. The molecule has 1 aliphatic heterocycles. The van der Waals surface area contributed by atoms with E-state index in [1.165, 1.54) is 11.6 Å². The van der Waals surface area contributed by atoms with E-state index in [-0.39, 0.29) is 18.1 Å². The molecule has 1 aliphatic rings. The van der Waals surface area contributed by atoms with Crippen molar-refractivity contribution in [3.8, 4) is 0 Å². The maximum atomic E-state index is 11.0. The SMILES string of the molecule is C=CC(=O)NCC1CCC(c2ccccc2)O1. The lowest BCUT2D eigenvalue weighted by Gasteiger charge is -2.14. The quantitative estimate of drug-likeness (QED) is 0.807. The summed E-state index contributed by atoms with van der Waals surface area (Å²) in [5, 5.41) is 2.76. The molecule has 1 heterocycles. The van der Waals surface area contributed by atoms with Crippen LogP contribution in [0.15, 0.2) is 43.0 Å². The molecular formula is C14H17NO2. The van der Waals surface area contributed by atoms with Gasteiger partial charge >= 0.3 is 0 Å². The average Bonchev–Trinajstić information content (AvgIpc) is 2.86. The highest BCUT2D eigenvalue weighted by molar-refractivity contribution is 5.86. The third-order valence-electron chi connectivity index (χ3n) is 2.97. The molecule has 1 N–H and O–H groups in total. The van der Waals surface area contributed by atoms with Crippen molar-refractivity contribution < 1.29 is 9.53 Å². The van der Waals surface area contributed by atoms with E-state index in [1.807, 2.05) is 18.2 Å². The van der Waals surface area contributed by atoms with Crippen LogP contribution in [0.5, 0.6) is 0 Å². The molecule has 0 saturated carbocycles. The Bertz CT molecular complexity index is 388. The van der Waals surface area contributed by atoms with E-state index < -0.39 is 0 Å². The van der Waals surface area contributed by atoms with Crippen molar-refractivity contribution in [1.29, 1.82) is 0 Å². The van der Waals surface area contributed by atoms with E-state index in [0.29, 0.717) is 6.54 Å². The zero-order valence-electron chi connectivity index (χ0n) is 9.76. The van der Waals surface area contributed by atoms with Crippen molar-refractivity contribution in [2.45, 2.75) is 25.0 Å². The topological polar surface area (TPSA) is 38.3 Å². The Hall–Kier alpha value is -1.61. The van der Waals surface area contributed by atoms with Gasteiger partial charge in [0, 0.05) is 6.54 Å². The van der Waals surface area contributed by atoms with Crippen molar-refractivity contribution in [2.24, 2.45) is 0 Å². The van der Waals surface area contributed by atoms with Crippen LogP contribution in [0, 0.1) is 0 Å². The summed E-state index contributed by atoms with van der Waals surface area (Å²) in [6.45, 7) is 3.98. The summed E-state index contributed by atoms with van der Waals surface area (Å²) in [6.07, 6.45) is 3.56. The second kappa shape index (κ2) is 5.64. The van der Waals surface area contributed by atoms with Crippen LogP contribution in [-0.4, -0.2) is 18.6 Å². The fraction of sp³-hybridized carbons (Fsp3) is 0.357. The molecule has 2 rings (SSSR count). The molecule has 1 aromatic rings. The number of amides is 1. The van der Waals surface area contributed by atoms with Gasteiger partial charge in [-0.05, 0) is 24.5 Å². The molecule has 0 aliphatic carbocycles. The van der Waals surface area contributed by atoms with Gasteiger partial charge in [-0.15, -0.1) is 0 Å². The molecule has 90 valence electrons. The van der Waals surface area contributed by atoms with E-state index in [9.17, 15) is 4.79 Å². The highest BCUT2D eigenvalue weighted by Gasteiger charge is 2.26. The maximum Gasteiger partial charge on any atom is 0.243 e. The van der Waals surface area contributed by atoms with Gasteiger partial charge in [0.25, 0.3) is 0 Å². The first-order chi connectivity index (χ1) is 8.29. The summed E-state index contributed by atoms with van der Waals surface area (Å²) in [4.78, 5) is 11.0. The monoisotopic (exact) mass is 231 g/mol. The fourth-order valence-corrected chi connectivity index (χ4v) is 2.06. The molecule has 0 radical (unpaired) electrons. The lowest BCUT2D eigenvalue weighted by atomic mass is 10.1. The number of hydrogen-bond donors (Lipinski definition) is 1. The summed E-state index contributed by atoms with van der Waals surface area (Å²) in [6, 6.07) is 10.2. The van der Waals surface area contributed by atoms with Crippen molar-refractivity contribution in [3.05, 3.63) is 48.6 Å². The zero-order valence-corrected chi connectivity index (χ0v) is 9.76. The second-order valence-electron chi connectivity index (χ2n) is 4.18. The molecule has 1 aromatic carbocycles. The molecular weight excluding hydrogens is 214 g/mol. The summed E-state index contributed by atoms with van der Waals surface area (Å²) in [7, 11) is 0. The molecule has 0 aromatic heterocycles. The minimum Gasteiger partial charge on any atom is -0.368 e. The normalized spacial score (nSPS) is 23.3. The number of benzene rings is 1. The van der Waals surface area contributed by atoms with Gasteiger partial charge in [0.1, 0.15) is 0 Å². The van der Waals surface area contributed by atoms with Crippen molar-refractivity contribution in [2.75, 3.05) is 6.54 Å². The van der Waals surface area contributed by atoms with Crippen molar-refractivity contribution in [1.82, 2.24) is 5.32 Å². The predicted octanol–water partition coefficient (Wildman–Crippen LogP) is 2.21. The van der Waals surface area contributed by atoms with Crippen LogP contribution >= 0.6 is 0 Å². The molecule has 3 heteroatoms. The van der Waals surface area contributed by atoms with Crippen LogP contribution in [0.4, 0.5) is 0 Å². The second-order valence-corrected chi connectivity index (χ2v) is 4.18. The largest absolute Gasteiger partial charge is 0.368 e. The molecule has 3 nitrogen and oxygen atoms in total. The standard InChI is InChI=1S/C14H17NO2/c1-2-14(16)15-10-12-8-9-13(17-12)11-6-4-3-5-7-11/h2-7,12-13H,1,8-10H2,(H,15,16). The minimum atomic E-state index is -0.142. The van der Waals surface area contributed by atoms with Gasteiger partial charge in [-0.25, -0.2) is 0 Å². The molecule has 1 amide bonds. The zero-order chi connectivity index (χ0) is 12.1. The Morgan fingerprint density at radius 3 is 2.88 bits per heavy atom. The van der Waals surface area contributed by atoms with Crippen LogP contribution in [0.25, 0.3) is 0 Å². The fourth-order valence-electron chi connectivity index (χ4n) is 2.06. The number of nitrogens with one attached hydrogen (secondary N) is 1. The number of hydrogen-bond acceptors (Lipinski definition) is 2. The van der Waals surface area contributed by atoms with Crippen molar-refractivity contribution >= 4 is 5.91 Å². The molecule has 0 spiro atoms. The van der Waals surface area contributed by atoms with Gasteiger partial charge in [0.05, 0.1) is 12.2 Å². The average molecular weight is 231 g/mol. The molecule has 2 atom stereocenters. The first kappa shape index (κ1) is 11.9. The Balaban J connectivity index is 1.84. The van der Waals surface area contributed by atoms with E-state index in [4.69, 9.17) is 4.74 Å². The summed E-state index contributed by atoms with van der Waals surface area (Å²) >= 11 is 0. The highest BCUT2D eigenvalue weighted by atomic mass is 16.5. The number of carbonyl (C=O) groups is 1. The van der Waals surface area contributed by atoms with E-state index >= 15 is 0 Å². The van der Waals surface area contributed by atoms with Crippen LogP contribution in [0.3, 0.4) is 0 Å². The van der Waals surface area contributed by atoms with E-state index in [0.717, 1.165) is 12.8 Å². The third-order valence-corrected chi connectivity index (χ3v) is 2.97. The number of ether oxygens (including phenoxy) is 1. The van der Waals surface area contributed by atoms with E-state index in [2.05, 4.69) is 24.0 Å². The molecule has 0 bridgehead atoms. The summed E-state index contributed by atoms with van der Waals surface area (Å²) in [5.41, 5.74) is 1.21. The predicted molar refractivity (Wildman–Crippen MR) is 66.5 cm³/mol. The van der Waals surface area contributed by atoms with Crippen LogP contribution in [0.2, 0.25) is 0 Å². The molecule has 17 heavy (non-hydrogen) atoms. The molecule has 1 saturated heterocycles. The number of carbonyl (C=O) groups excluding carboxylic acids is 1.